The zero-order valence-corrected chi connectivity index (χ0v) is 8.00. The summed E-state index contributed by atoms with van der Waals surface area (Å²) in [5.74, 6) is -6.63. The predicted molar refractivity (Wildman–Crippen MR) is 44.5 cm³/mol. The highest BCUT2D eigenvalue weighted by Crippen LogP contribution is 2.48. The Balaban J connectivity index is 2.45. The van der Waals surface area contributed by atoms with Crippen molar-refractivity contribution in [1.29, 1.82) is 0 Å². The lowest BCUT2D eigenvalue weighted by Crippen LogP contribution is -2.45. The number of alkyl halides is 2. The molecule has 0 spiro atoms. The summed E-state index contributed by atoms with van der Waals surface area (Å²) < 4.78 is 29.4. The molecule has 1 amide bonds. The van der Waals surface area contributed by atoms with E-state index in [-0.39, 0.29) is 6.61 Å². The summed E-state index contributed by atoms with van der Waals surface area (Å²) in [5, 5.41) is 10.6. The number of halogens is 2. The van der Waals surface area contributed by atoms with Crippen LogP contribution in [0.3, 0.4) is 0 Å². The highest BCUT2D eigenvalue weighted by Gasteiger charge is 2.61. The van der Waals surface area contributed by atoms with Crippen LogP contribution >= 0.6 is 0 Å². The Morgan fingerprint density at radius 2 is 2.20 bits per heavy atom. The predicted octanol–water partition coefficient (Wildman–Crippen LogP) is -0.143. The van der Waals surface area contributed by atoms with E-state index in [4.69, 9.17) is 5.11 Å². The zero-order chi connectivity index (χ0) is 11.6. The summed E-state index contributed by atoms with van der Waals surface area (Å²) >= 11 is 0. The summed E-state index contributed by atoms with van der Waals surface area (Å²) in [6, 6.07) is -1.28. The quantitative estimate of drug-likeness (QED) is 0.680. The zero-order valence-electron chi connectivity index (χ0n) is 8.00. The fraction of sp³-hybridized carbons (Fsp3) is 0.750. The van der Waals surface area contributed by atoms with Gasteiger partial charge in [-0.25, -0.2) is 13.6 Å². The van der Waals surface area contributed by atoms with E-state index in [9.17, 15) is 18.4 Å². The van der Waals surface area contributed by atoms with Gasteiger partial charge in [0.05, 0.1) is 6.61 Å². The van der Waals surface area contributed by atoms with Gasteiger partial charge in [-0.1, -0.05) is 0 Å². The first-order valence-corrected chi connectivity index (χ1v) is 4.28. The van der Waals surface area contributed by atoms with Crippen LogP contribution in [0.2, 0.25) is 0 Å². The molecule has 15 heavy (non-hydrogen) atoms. The minimum Gasteiger partial charge on any atom is -0.480 e. The van der Waals surface area contributed by atoms with Crippen LogP contribution in [-0.2, 0) is 14.3 Å². The van der Waals surface area contributed by atoms with E-state index in [1.807, 2.05) is 5.32 Å². The van der Waals surface area contributed by atoms with Gasteiger partial charge in [-0.3, -0.25) is 4.79 Å². The third-order valence-corrected chi connectivity index (χ3v) is 2.09. The Kier molecular flexibility index (Phi) is 3.23. The molecule has 5 nitrogen and oxygen atoms in total. The molecule has 1 fully saturated rings. The minimum absolute atomic E-state index is 0.251. The molecule has 1 unspecified atom stereocenters. The van der Waals surface area contributed by atoms with E-state index in [0.717, 1.165) is 0 Å². The summed E-state index contributed by atoms with van der Waals surface area (Å²) in [5.41, 5.74) is 0. The van der Waals surface area contributed by atoms with Crippen LogP contribution in [-0.4, -0.2) is 42.7 Å². The number of carboxylic acids is 1. The molecule has 0 saturated heterocycles. The van der Waals surface area contributed by atoms with Gasteiger partial charge < -0.3 is 15.2 Å². The maximum absolute atomic E-state index is 12.4. The second kappa shape index (κ2) is 4.09. The first-order chi connectivity index (χ1) is 6.88. The first-order valence-electron chi connectivity index (χ1n) is 4.28. The van der Waals surface area contributed by atoms with Crippen LogP contribution in [0.4, 0.5) is 8.78 Å². The van der Waals surface area contributed by atoms with Crippen molar-refractivity contribution in [2.75, 3.05) is 13.7 Å². The standard InChI is InChI=1S/C8H11F2NO4/c1-15-3-5(7(13)14)11-6(12)4-2-8(4,9)10/h4-5H,2-3H2,1H3,(H,11,12)(H,13,14)/t4?,5-/m1/s1. The van der Waals surface area contributed by atoms with Crippen LogP contribution in [0.15, 0.2) is 0 Å². The lowest BCUT2D eigenvalue weighted by Gasteiger charge is -2.12. The van der Waals surface area contributed by atoms with Crippen molar-refractivity contribution in [1.82, 2.24) is 5.32 Å². The molecule has 1 rings (SSSR count). The fourth-order valence-electron chi connectivity index (χ4n) is 1.11. The molecule has 7 heteroatoms. The Bertz CT molecular complexity index is 282. The van der Waals surface area contributed by atoms with Gasteiger partial charge in [0.2, 0.25) is 5.91 Å². The molecule has 0 bridgehead atoms. The molecule has 0 radical (unpaired) electrons. The summed E-state index contributed by atoms with van der Waals surface area (Å²) in [7, 11) is 1.26. The minimum atomic E-state index is -2.99. The molecular formula is C8H11F2NO4. The van der Waals surface area contributed by atoms with Crippen LogP contribution in [0.1, 0.15) is 6.42 Å². The monoisotopic (exact) mass is 223 g/mol. The Labute approximate surface area is 84.4 Å². The smallest absolute Gasteiger partial charge is 0.328 e. The van der Waals surface area contributed by atoms with E-state index >= 15 is 0 Å². The number of methoxy groups -OCH3 is 1. The summed E-state index contributed by atoms with van der Waals surface area (Å²) in [4.78, 5) is 21.6. The molecular weight excluding hydrogens is 212 g/mol. The molecule has 0 heterocycles. The van der Waals surface area contributed by atoms with Crippen molar-refractivity contribution in [2.45, 2.75) is 18.4 Å². The molecule has 2 N–H and O–H groups in total. The molecule has 1 aliphatic rings. The molecule has 1 aliphatic carbocycles. The molecule has 86 valence electrons. The number of rotatable bonds is 5. The Hall–Kier alpha value is -1.24. The highest BCUT2D eigenvalue weighted by atomic mass is 19.3. The normalized spacial score (nSPS) is 24.3. The number of aliphatic carboxylic acids is 1. The van der Waals surface area contributed by atoms with Gasteiger partial charge in [-0.2, -0.15) is 0 Å². The third kappa shape index (κ3) is 2.85. The SMILES string of the molecule is COC[C@@H](NC(=O)C1CC1(F)F)C(=O)O. The summed E-state index contributed by atoms with van der Waals surface area (Å²) in [6.07, 6.45) is -0.516. The fourth-order valence-corrected chi connectivity index (χ4v) is 1.11. The second-order valence-corrected chi connectivity index (χ2v) is 3.37. The average molecular weight is 223 g/mol. The van der Waals surface area contributed by atoms with Crippen molar-refractivity contribution in [3.8, 4) is 0 Å². The highest BCUT2D eigenvalue weighted by molar-refractivity contribution is 5.87. The maximum Gasteiger partial charge on any atom is 0.328 e. The van der Waals surface area contributed by atoms with Gasteiger partial charge in [0.15, 0.2) is 6.04 Å². The number of nitrogens with one attached hydrogen (secondary N) is 1. The van der Waals surface area contributed by atoms with Crippen LogP contribution in [0.25, 0.3) is 0 Å². The topological polar surface area (TPSA) is 75.6 Å². The average Bonchev–Trinajstić information content (AvgIpc) is 2.74. The van der Waals surface area contributed by atoms with Gasteiger partial charge in [-0.15, -0.1) is 0 Å². The number of carbonyl (C=O) groups excluding carboxylic acids is 1. The number of hydrogen-bond donors (Lipinski definition) is 2. The molecule has 0 aromatic heterocycles. The lowest BCUT2D eigenvalue weighted by molar-refractivity contribution is -0.143. The van der Waals surface area contributed by atoms with Crippen LogP contribution in [0, 0.1) is 5.92 Å². The van der Waals surface area contributed by atoms with Crippen molar-refractivity contribution >= 4 is 11.9 Å². The molecule has 2 atom stereocenters. The van der Waals surface area contributed by atoms with Crippen molar-refractivity contribution in [2.24, 2.45) is 5.92 Å². The number of amides is 1. The van der Waals surface area contributed by atoms with E-state index in [0.29, 0.717) is 0 Å². The number of carbonyl (C=O) groups is 2. The van der Waals surface area contributed by atoms with Crippen molar-refractivity contribution < 1.29 is 28.2 Å². The van der Waals surface area contributed by atoms with E-state index in [2.05, 4.69) is 4.74 Å². The number of ether oxygens (including phenoxy) is 1. The molecule has 0 aliphatic heterocycles. The van der Waals surface area contributed by atoms with Gasteiger partial charge in [0, 0.05) is 13.5 Å². The molecule has 0 aromatic carbocycles. The van der Waals surface area contributed by atoms with E-state index < -0.39 is 36.2 Å². The van der Waals surface area contributed by atoms with Crippen LogP contribution < -0.4 is 5.32 Å². The van der Waals surface area contributed by atoms with Crippen molar-refractivity contribution in [3.63, 3.8) is 0 Å². The first kappa shape index (κ1) is 11.8. The van der Waals surface area contributed by atoms with Gasteiger partial charge >= 0.3 is 5.97 Å². The Morgan fingerprint density at radius 1 is 1.67 bits per heavy atom. The van der Waals surface area contributed by atoms with E-state index in [1.54, 1.807) is 0 Å². The van der Waals surface area contributed by atoms with Crippen molar-refractivity contribution in [3.05, 3.63) is 0 Å². The van der Waals surface area contributed by atoms with E-state index in [1.165, 1.54) is 7.11 Å². The second-order valence-electron chi connectivity index (χ2n) is 3.37. The van der Waals surface area contributed by atoms with Crippen LogP contribution in [0.5, 0.6) is 0 Å². The van der Waals surface area contributed by atoms with Gasteiger partial charge in [0.1, 0.15) is 5.92 Å². The summed E-state index contributed by atoms with van der Waals surface area (Å²) in [6.45, 7) is -0.251. The van der Waals surface area contributed by atoms with Gasteiger partial charge in [-0.05, 0) is 0 Å². The lowest BCUT2D eigenvalue weighted by atomic mass is 10.3. The molecule has 0 aromatic rings. The largest absolute Gasteiger partial charge is 0.480 e. The molecule has 1 saturated carbocycles. The number of carboxylic acid groups (broad SMARTS) is 1. The Morgan fingerprint density at radius 3 is 2.53 bits per heavy atom. The third-order valence-electron chi connectivity index (χ3n) is 2.09. The maximum atomic E-state index is 12.4. The van der Waals surface area contributed by atoms with Gasteiger partial charge in [0.25, 0.3) is 5.92 Å². The number of hydrogen-bond acceptors (Lipinski definition) is 3.